The normalized spacial score (nSPS) is 10.4. The molecule has 0 aliphatic heterocycles. The number of halogens is 1. The van der Waals surface area contributed by atoms with Crippen molar-refractivity contribution in [3.05, 3.63) is 48.3 Å². The maximum absolute atomic E-state index is 13.2. The third-order valence-corrected chi connectivity index (χ3v) is 2.71. The molecule has 19 heavy (non-hydrogen) atoms. The highest BCUT2D eigenvalue weighted by Gasteiger charge is 2.04. The lowest BCUT2D eigenvalue weighted by atomic mass is 10.0. The topological polar surface area (TPSA) is 44.5 Å². The maximum Gasteiger partial charge on any atom is 0.142 e. The summed E-state index contributed by atoms with van der Waals surface area (Å²) in [6, 6.07) is 11.8. The predicted octanol–water partition coefficient (Wildman–Crippen LogP) is 3.10. The fourth-order valence-electron chi connectivity index (χ4n) is 1.76. The van der Waals surface area contributed by atoms with E-state index in [1.807, 2.05) is 12.1 Å². The molecule has 0 aliphatic rings. The Morgan fingerprint density at radius 1 is 1.05 bits per heavy atom. The summed E-state index contributed by atoms with van der Waals surface area (Å²) in [6.45, 7) is 0.950. The number of methoxy groups -OCH3 is 1. The molecule has 0 saturated heterocycles. The Balaban J connectivity index is 2.19. The third-order valence-electron chi connectivity index (χ3n) is 2.71. The van der Waals surface area contributed by atoms with Crippen LogP contribution in [-0.4, -0.2) is 20.3 Å². The van der Waals surface area contributed by atoms with Gasteiger partial charge in [0.05, 0.1) is 12.3 Å². The van der Waals surface area contributed by atoms with E-state index in [2.05, 4.69) is 0 Å². The fourth-order valence-corrected chi connectivity index (χ4v) is 1.76. The van der Waals surface area contributed by atoms with E-state index < -0.39 is 0 Å². The average Bonchev–Trinajstić information content (AvgIpc) is 2.41. The highest BCUT2D eigenvalue weighted by molar-refractivity contribution is 5.70. The Morgan fingerprint density at radius 3 is 2.53 bits per heavy atom. The minimum absolute atomic E-state index is 0.267. The van der Waals surface area contributed by atoms with Gasteiger partial charge in [0.15, 0.2) is 0 Å². The van der Waals surface area contributed by atoms with Crippen LogP contribution in [0.5, 0.6) is 5.75 Å². The van der Waals surface area contributed by atoms with Crippen molar-refractivity contribution in [3.8, 4) is 16.9 Å². The molecular weight excluding hydrogens is 245 g/mol. The van der Waals surface area contributed by atoms with Crippen LogP contribution in [0.15, 0.2) is 42.5 Å². The first-order chi connectivity index (χ1) is 9.20. The van der Waals surface area contributed by atoms with E-state index in [0.717, 1.165) is 11.1 Å². The Bertz CT molecular complexity index is 558. The summed E-state index contributed by atoms with van der Waals surface area (Å²) in [6.07, 6.45) is 0. The number of rotatable bonds is 5. The van der Waals surface area contributed by atoms with Gasteiger partial charge in [-0.3, -0.25) is 0 Å². The van der Waals surface area contributed by atoms with E-state index in [0.29, 0.717) is 24.7 Å². The largest absolute Gasteiger partial charge is 0.489 e. The van der Waals surface area contributed by atoms with Gasteiger partial charge >= 0.3 is 0 Å². The quantitative estimate of drug-likeness (QED) is 0.664. The van der Waals surface area contributed by atoms with Crippen LogP contribution >= 0.6 is 0 Å². The molecule has 0 aliphatic carbocycles. The van der Waals surface area contributed by atoms with E-state index in [-0.39, 0.29) is 5.82 Å². The molecule has 0 spiro atoms. The van der Waals surface area contributed by atoms with Crippen LogP contribution < -0.4 is 10.5 Å². The molecular formula is C15H16FNO2. The Morgan fingerprint density at radius 2 is 1.84 bits per heavy atom. The van der Waals surface area contributed by atoms with Crippen molar-refractivity contribution in [2.45, 2.75) is 0 Å². The van der Waals surface area contributed by atoms with Crippen molar-refractivity contribution < 1.29 is 13.9 Å². The molecule has 2 aromatic carbocycles. The summed E-state index contributed by atoms with van der Waals surface area (Å²) >= 11 is 0. The molecule has 0 aromatic heterocycles. The zero-order valence-corrected chi connectivity index (χ0v) is 10.7. The Labute approximate surface area is 111 Å². The Hall–Kier alpha value is -2.07. The van der Waals surface area contributed by atoms with Crippen molar-refractivity contribution >= 4 is 5.69 Å². The zero-order chi connectivity index (χ0) is 13.7. The van der Waals surface area contributed by atoms with Crippen molar-refractivity contribution in [1.82, 2.24) is 0 Å². The monoisotopic (exact) mass is 261 g/mol. The number of hydrogen-bond acceptors (Lipinski definition) is 3. The van der Waals surface area contributed by atoms with Crippen molar-refractivity contribution in [2.24, 2.45) is 0 Å². The molecule has 4 heteroatoms. The van der Waals surface area contributed by atoms with Crippen LogP contribution in [0.4, 0.5) is 10.1 Å². The average molecular weight is 261 g/mol. The van der Waals surface area contributed by atoms with Crippen LogP contribution in [-0.2, 0) is 4.74 Å². The number of anilines is 1. The number of benzene rings is 2. The van der Waals surface area contributed by atoms with E-state index in [1.165, 1.54) is 12.1 Å². The van der Waals surface area contributed by atoms with Gasteiger partial charge in [-0.25, -0.2) is 4.39 Å². The van der Waals surface area contributed by atoms with Gasteiger partial charge in [-0.1, -0.05) is 18.2 Å². The van der Waals surface area contributed by atoms with Gasteiger partial charge in [0.1, 0.15) is 18.2 Å². The lowest BCUT2D eigenvalue weighted by molar-refractivity contribution is 0.147. The fraction of sp³-hybridized carbons (Fsp3) is 0.200. The van der Waals surface area contributed by atoms with Gasteiger partial charge < -0.3 is 15.2 Å². The van der Waals surface area contributed by atoms with E-state index in [1.54, 1.807) is 25.3 Å². The molecule has 0 unspecified atom stereocenters. The second-order valence-corrected chi connectivity index (χ2v) is 4.10. The predicted molar refractivity (Wildman–Crippen MR) is 73.6 cm³/mol. The molecule has 2 rings (SSSR count). The maximum atomic E-state index is 13.2. The highest BCUT2D eigenvalue weighted by Crippen LogP contribution is 2.28. The summed E-state index contributed by atoms with van der Waals surface area (Å²) in [7, 11) is 1.61. The summed E-state index contributed by atoms with van der Waals surface area (Å²) in [5, 5.41) is 0. The first-order valence-electron chi connectivity index (χ1n) is 5.98. The van der Waals surface area contributed by atoms with Gasteiger partial charge in [-0.05, 0) is 35.4 Å². The SMILES string of the molecule is COCCOc1ccc(-c2cccc(F)c2)cc1N. The molecule has 0 atom stereocenters. The molecule has 0 amide bonds. The molecule has 2 N–H and O–H groups in total. The van der Waals surface area contributed by atoms with E-state index in [4.69, 9.17) is 15.2 Å². The summed E-state index contributed by atoms with van der Waals surface area (Å²) in [5.74, 6) is 0.341. The van der Waals surface area contributed by atoms with Crippen LogP contribution in [0.25, 0.3) is 11.1 Å². The molecule has 0 radical (unpaired) electrons. The Kier molecular flexibility index (Phi) is 4.36. The van der Waals surface area contributed by atoms with Crippen molar-refractivity contribution in [1.29, 1.82) is 0 Å². The third kappa shape index (κ3) is 3.45. The minimum atomic E-state index is -0.267. The van der Waals surface area contributed by atoms with Gasteiger partial charge in [0.2, 0.25) is 0 Å². The smallest absolute Gasteiger partial charge is 0.142 e. The highest BCUT2D eigenvalue weighted by atomic mass is 19.1. The molecule has 100 valence electrons. The first-order valence-corrected chi connectivity index (χ1v) is 5.98. The van der Waals surface area contributed by atoms with Crippen LogP contribution in [0.2, 0.25) is 0 Å². The lowest BCUT2D eigenvalue weighted by Gasteiger charge is -2.10. The lowest BCUT2D eigenvalue weighted by Crippen LogP contribution is -2.05. The van der Waals surface area contributed by atoms with Gasteiger partial charge in [-0.2, -0.15) is 0 Å². The number of nitrogens with two attached hydrogens (primary N) is 1. The van der Waals surface area contributed by atoms with Crippen LogP contribution in [0, 0.1) is 5.82 Å². The van der Waals surface area contributed by atoms with Crippen molar-refractivity contribution in [2.75, 3.05) is 26.1 Å². The molecule has 0 heterocycles. The molecule has 0 fully saturated rings. The zero-order valence-electron chi connectivity index (χ0n) is 10.7. The van der Waals surface area contributed by atoms with Gasteiger partial charge in [-0.15, -0.1) is 0 Å². The van der Waals surface area contributed by atoms with E-state index >= 15 is 0 Å². The second kappa shape index (κ2) is 6.20. The number of nitrogen functional groups attached to an aromatic ring is 1. The standard InChI is InChI=1S/C15H16FNO2/c1-18-7-8-19-15-6-5-12(10-14(15)17)11-3-2-4-13(16)9-11/h2-6,9-10H,7-8,17H2,1H3. The molecule has 0 saturated carbocycles. The van der Waals surface area contributed by atoms with Crippen LogP contribution in [0.1, 0.15) is 0 Å². The number of ether oxygens (including phenoxy) is 2. The van der Waals surface area contributed by atoms with Crippen LogP contribution in [0.3, 0.4) is 0 Å². The summed E-state index contributed by atoms with van der Waals surface area (Å²) in [4.78, 5) is 0. The minimum Gasteiger partial charge on any atom is -0.489 e. The molecule has 0 bridgehead atoms. The summed E-state index contributed by atoms with van der Waals surface area (Å²) in [5.41, 5.74) is 8.09. The van der Waals surface area contributed by atoms with E-state index in [9.17, 15) is 4.39 Å². The van der Waals surface area contributed by atoms with Gasteiger partial charge in [0.25, 0.3) is 0 Å². The first kappa shape index (κ1) is 13.4. The summed E-state index contributed by atoms with van der Waals surface area (Å²) < 4.78 is 23.5. The second-order valence-electron chi connectivity index (χ2n) is 4.10. The van der Waals surface area contributed by atoms with Gasteiger partial charge in [0, 0.05) is 7.11 Å². The number of hydrogen-bond donors (Lipinski definition) is 1. The molecule has 3 nitrogen and oxygen atoms in total. The van der Waals surface area contributed by atoms with Crippen molar-refractivity contribution in [3.63, 3.8) is 0 Å². The molecule has 2 aromatic rings.